The Morgan fingerprint density at radius 2 is 1.72 bits per heavy atom. The quantitative estimate of drug-likeness (QED) is 0.614. The SMILES string of the molecule is Cc1ccc(-c2noc(CCC(=O)OCC(=O)Nc3c(C)cccc3C)n2)cc1. The van der Waals surface area contributed by atoms with E-state index < -0.39 is 5.97 Å². The van der Waals surface area contributed by atoms with Crippen LogP contribution in [0.25, 0.3) is 11.4 Å². The highest BCUT2D eigenvalue weighted by Gasteiger charge is 2.13. The molecule has 1 N–H and O–H groups in total. The van der Waals surface area contributed by atoms with Crippen molar-refractivity contribution in [3.8, 4) is 11.4 Å². The first-order valence-corrected chi connectivity index (χ1v) is 9.33. The molecule has 0 unspecified atom stereocenters. The molecular formula is C22H23N3O4. The van der Waals surface area contributed by atoms with Crippen molar-refractivity contribution in [2.24, 2.45) is 0 Å². The Balaban J connectivity index is 1.45. The number of anilines is 1. The van der Waals surface area contributed by atoms with E-state index in [4.69, 9.17) is 9.26 Å². The number of amides is 1. The van der Waals surface area contributed by atoms with E-state index in [9.17, 15) is 9.59 Å². The number of ether oxygens (including phenoxy) is 1. The molecule has 0 fully saturated rings. The van der Waals surface area contributed by atoms with Crippen LogP contribution in [0.1, 0.15) is 29.0 Å². The van der Waals surface area contributed by atoms with Crippen molar-refractivity contribution in [1.29, 1.82) is 0 Å². The lowest BCUT2D eigenvalue weighted by Gasteiger charge is -2.11. The van der Waals surface area contributed by atoms with Gasteiger partial charge in [-0.05, 0) is 31.9 Å². The molecule has 7 nitrogen and oxygen atoms in total. The van der Waals surface area contributed by atoms with Gasteiger partial charge < -0.3 is 14.6 Å². The zero-order valence-corrected chi connectivity index (χ0v) is 16.7. The Hall–Kier alpha value is -3.48. The van der Waals surface area contributed by atoms with Gasteiger partial charge >= 0.3 is 5.97 Å². The van der Waals surface area contributed by atoms with E-state index in [0.29, 0.717) is 11.7 Å². The fourth-order valence-corrected chi connectivity index (χ4v) is 2.79. The van der Waals surface area contributed by atoms with Crippen molar-refractivity contribution in [2.75, 3.05) is 11.9 Å². The van der Waals surface area contributed by atoms with Crippen LogP contribution in [-0.2, 0) is 20.7 Å². The van der Waals surface area contributed by atoms with Crippen LogP contribution in [0.4, 0.5) is 5.69 Å². The number of carbonyl (C=O) groups excluding carboxylic acids is 2. The third-order valence-corrected chi connectivity index (χ3v) is 4.43. The van der Waals surface area contributed by atoms with Gasteiger partial charge in [0.2, 0.25) is 11.7 Å². The van der Waals surface area contributed by atoms with E-state index in [1.165, 1.54) is 0 Å². The molecule has 7 heteroatoms. The van der Waals surface area contributed by atoms with Gasteiger partial charge in [-0.1, -0.05) is 53.2 Å². The maximum absolute atomic E-state index is 12.1. The van der Waals surface area contributed by atoms with Crippen LogP contribution >= 0.6 is 0 Å². The van der Waals surface area contributed by atoms with Crippen LogP contribution in [0.3, 0.4) is 0 Å². The zero-order chi connectivity index (χ0) is 20.8. The molecule has 0 spiro atoms. The first-order valence-electron chi connectivity index (χ1n) is 9.33. The summed E-state index contributed by atoms with van der Waals surface area (Å²) < 4.78 is 10.2. The molecule has 0 aliphatic rings. The molecule has 0 bridgehead atoms. The van der Waals surface area contributed by atoms with Crippen molar-refractivity contribution in [1.82, 2.24) is 10.1 Å². The molecule has 1 heterocycles. The average Bonchev–Trinajstić information content (AvgIpc) is 3.17. The average molecular weight is 393 g/mol. The number of aromatic nitrogens is 2. The summed E-state index contributed by atoms with van der Waals surface area (Å²) >= 11 is 0. The zero-order valence-electron chi connectivity index (χ0n) is 16.7. The van der Waals surface area contributed by atoms with E-state index in [2.05, 4.69) is 15.5 Å². The van der Waals surface area contributed by atoms with Gasteiger partial charge in [-0.25, -0.2) is 0 Å². The second-order valence-electron chi connectivity index (χ2n) is 6.85. The maximum Gasteiger partial charge on any atom is 0.306 e. The number of aryl methyl sites for hydroxylation is 4. The van der Waals surface area contributed by atoms with E-state index in [-0.39, 0.29) is 25.4 Å². The smallest absolute Gasteiger partial charge is 0.306 e. The lowest BCUT2D eigenvalue weighted by Crippen LogP contribution is -2.22. The number of rotatable bonds is 7. The Labute approximate surface area is 169 Å². The van der Waals surface area contributed by atoms with Crippen molar-refractivity contribution < 1.29 is 18.8 Å². The molecule has 0 radical (unpaired) electrons. The van der Waals surface area contributed by atoms with Crippen LogP contribution < -0.4 is 5.32 Å². The topological polar surface area (TPSA) is 94.3 Å². The highest BCUT2D eigenvalue weighted by Crippen LogP contribution is 2.19. The van der Waals surface area contributed by atoms with Crippen LogP contribution in [0.5, 0.6) is 0 Å². The molecule has 0 saturated carbocycles. The van der Waals surface area contributed by atoms with Crippen molar-refractivity contribution >= 4 is 17.6 Å². The van der Waals surface area contributed by atoms with Gasteiger partial charge in [0, 0.05) is 17.7 Å². The van der Waals surface area contributed by atoms with Crippen LogP contribution in [0.2, 0.25) is 0 Å². The standard InChI is InChI=1S/C22H23N3O4/c1-14-7-9-17(10-8-14)22-24-19(29-25-22)11-12-20(27)28-13-18(26)23-21-15(2)5-4-6-16(21)3/h4-10H,11-13H2,1-3H3,(H,23,26). The highest BCUT2D eigenvalue weighted by atomic mass is 16.5. The van der Waals surface area contributed by atoms with Crippen LogP contribution in [0.15, 0.2) is 47.0 Å². The molecule has 3 aromatic rings. The summed E-state index contributed by atoms with van der Waals surface area (Å²) in [5.41, 5.74) is 4.62. The number of nitrogens with one attached hydrogen (secondary N) is 1. The Morgan fingerprint density at radius 3 is 2.41 bits per heavy atom. The largest absolute Gasteiger partial charge is 0.456 e. The normalized spacial score (nSPS) is 10.6. The molecular weight excluding hydrogens is 370 g/mol. The van der Waals surface area contributed by atoms with Gasteiger partial charge in [-0.2, -0.15) is 4.98 Å². The minimum absolute atomic E-state index is 0.0478. The molecule has 2 aromatic carbocycles. The van der Waals surface area contributed by atoms with Crippen LogP contribution in [-0.4, -0.2) is 28.6 Å². The van der Waals surface area contributed by atoms with E-state index >= 15 is 0 Å². The Kier molecular flexibility index (Phi) is 6.39. The van der Waals surface area contributed by atoms with Gasteiger partial charge in [-0.3, -0.25) is 9.59 Å². The summed E-state index contributed by atoms with van der Waals surface area (Å²) in [6.07, 6.45) is 0.294. The summed E-state index contributed by atoms with van der Waals surface area (Å²) in [5.74, 6) is -0.0641. The lowest BCUT2D eigenvalue weighted by molar-refractivity contribution is -0.147. The first kappa shape index (κ1) is 20.3. The summed E-state index contributed by atoms with van der Waals surface area (Å²) in [4.78, 5) is 28.3. The minimum Gasteiger partial charge on any atom is -0.456 e. The van der Waals surface area contributed by atoms with Gasteiger partial charge in [-0.15, -0.1) is 0 Å². The maximum atomic E-state index is 12.1. The number of para-hydroxylation sites is 1. The third kappa shape index (κ3) is 5.51. The van der Waals surface area contributed by atoms with Crippen LogP contribution in [0, 0.1) is 20.8 Å². The Morgan fingerprint density at radius 1 is 1.03 bits per heavy atom. The summed E-state index contributed by atoms with van der Waals surface area (Å²) in [5, 5.41) is 6.71. The molecule has 3 rings (SSSR count). The molecule has 1 amide bonds. The summed E-state index contributed by atoms with van der Waals surface area (Å²) in [7, 11) is 0. The van der Waals surface area contributed by atoms with Gasteiger partial charge in [0.05, 0.1) is 6.42 Å². The lowest BCUT2D eigenvalue weighted by atomic mass is 10.1. The number of hydrogen-bond donors (Lipinski definition) is 1. The third-order valence-electron chi connectivity index (χ3n) is 4.43. The molecule has 29 heavy (non-hydrogen) atoms. The molecule has 0 aliphatic heterocycles. The number of hydrogen-bond acceptors (Lipinski definition) is 6. The number of esters is 1. The van der Waals surface area contributed by atoms with E-state index in [1.807, 2.05) is 63.2 Å². The van der Waals surface area contributed by atoms with Gasteiger partial charge in [0.25, 0.3) is 5.91 Å². The monoisotopic (exact) mass is 393 g/mol. The second-order valence-corrected chi connectivity index (χ2v) is 6.85. The van der Waals surface area contributed by atoms with E-state index in [0.717, 1.165) is 27.9 Å². The fraction of sp³-hybridized carbons (Fsp3) is 0.273. The Bertz CT molecular complexity index is 989. The predicted molar refractivity (Wildman–Crippen MR) is 108 cm³/mol. The molecule has 0 atom stereocenters. The number of benzene rings is 2. The second kappa shape index (κ2) is 9.14. The predicted octanol–water partition coefficient (Wildman–Crippen LogP) is 3.78. The molecule has 0 aliphatic carbocycles. The first-order chi connectivity index (χ1) is 13.9. The fourth-order valence-electron chi connectivity index (χ4n) is 2.79. The van der Waals surface area contributed by atoms with E-state index in [1.54, 1.807) is 0 Å². The molecule has 150 valence electrons. The van der Waals surface area contributed by atoms with Crippen molar-refractivity contribution in [2.45, 2.75) is 33.6 Å². The summed E-state index contributed by atoms with van der Waals surface area (Å²) in [6.45, 7) is 5.47. The molecule has 1 aromatic heterocycles. The minimum atomic E-state index is -0.503. The molecule has 0 saturated heterocycles. The number of carbonyl (C=O) groups is 2. The van der Waals surface area contributed by atoms with Crippen molar-refractivity contribution in [3.05, 3.63) is 65.0 Å². The van der Waals surface area contributed by atoms with Gasteiger partial charge in [0.1, 0.15) is 0 Å². The highest BCUT2D eigenvalue weighted by molar-refractivity contribution is 5.94. The van der Waals surface area contributed by atoms with Crippen molar-refractivity contribution in [3.63, 3.8) is 0 Å². The summed E-state index contributed by atoms with van der Waals surface area (Å²) in [6, 6.07) is 13.5. The number of nitrogens with zero attached hydrogens (tertiary/aromatic N) is 2. The van der Waals surface area contributed by atoms with Gasteiger partial charge in [0.15, 0.2) is 6.61 Å².